The molecule has 0 bridgehead atoms. The molecule has 89 heavy (non-hydrogen) atoms. The quantitative estimate of drug-likeness (QED) is 0.0546. The van der Waals surface area contributed by atoms with Crippen LogP contribution in [0.2, 0.25) is 0 Å². The number of hydrogen-bond donors (Lipinski definition) is 0. The molecule has 9 aromatic rings. The van der Waals surface area contributed by atoms with E-state index in [0.29, 0.717) is 0 Å². The Morgan fingerprint density at radius 2 is 0.539 bits per heavy atom. The molecule has 9 aromatic carbocycles. The Labute approximate surface area is 526 Å². The minimum atomic E-state index is -0.217. The fraction of sp³-hybridized carbons (Fsp3) is 0.299. The summed E-state index contributed by atoms with van der Waals surface area (Å²) >= 11 is 0. The van der Waals surface area contributed by atoms with Gasteiger partial charge in [-0.05, 0) is 255 Å². The van der Waals surface area contributed by atoms with Crippen LogP contribution < -0.4 is 43.3 Å². The van der Waals surface area contributed by atoms with Crippen LogP contribution in [0.1, 0.15) is 82.1 Å². The van der Waals surface area contributed by atoms with Gasteiger partial charge in [0.15, 0.2) is 0 Å². The molecule has 7 atom stereocenters. The van der Waals surface area contributed by atoms with Crippen LogP contribution in [0.5, 0.6) is 28.7 Å². The molecule has 0 aliphatic heterocycles. The molecule has 0 N–H and O–H groups in total. The van der Waals surface area contributed by atoms with Crippen LogP contribution in [0.4, 0.5) is 51.2 Å². The highest BCUT2D eigenvalue weighted by atomic mass is 16.5. The molecule has 11 rings (SSSR count). The molecule has 460 valence electrons. The van der Waals surface area contributed by atoms with E-state index in [2.05, 4.69) is 195 Å². The number of rotatable bonds is 25. The molecule has 4 unspecified atom stereocenters. The number of methoxy groups -OCH3 is 8. The van der Waals surface area contributed by atoms with Crippen molar-refractivity contribution >= 4 is 51.2 Å². The highest BCUT2D eigenvalue weighted by molar-refractivity contribution is 5.91. The number of benzene rings is 9. The molecule has 0 heterocycles. The van der Waals surface area contributed by atoms with Crippen molar-refractivity contribution in [2.24, 2.45) is 0 Å². The average Bonchev–Trinajstić information content (AvgIpc) is 1.57. The van der Waals surface area contributed by atoms with E-state index in [0.717, 1.165) is 86.4 Å². The van der Waals surface area contributed by atoms with Crippen molar-refractivity contribution in [3.8, 4) is 51.0 Å². The maximum absolute atomic E-state index is 6.29. The SMILES string of the molecule is CC[C@H](OC)C(C)N(c1ccc(OC)cc1)c1ccc2c(c1)C(C1c3cc(N(c4ccc(OC)cc4)[C@@H](C)C(C)OC)ccc3-c3ccc(N(c4ccc(OC)cc4)[C@@H](C)C(C)OC)cc31)c1cc(N(c3ccc(OC)cc3)c3ccc(OC)cc3)ccc1-2. The monoisotopic (exact) mass is 1190 g/mol. The Balaban J connectivity index is 1.21. The topological polar surface area (TPSA) is 86.8 Å². The van der Waals surface area contributed by atoms with Gasteiger partial charge in [-0.15, -0.1) is 0 Å². The first-order valence-electron chi connectivity index (χ1n) is 30.8. The Bertz CT molecular complexity index is 3690. The third-order valence-corrected chi connectivity index (χ3v) is 18.8. The summed E-state index contributed by atoms with van der Waals surface area (Å²) in [5.74, 6) is 3.51. The van der Waals surface area contributed by atoms with Crippen molar-refractivity contribution < 1.29 is 37.9 Å². The largest absolute Gasteiger partial charge is 0.497 e. The van der Waals surface area contributed by atoms with E-state index in [1.165, 1.54) is 44.5 Å². The van der Waals surface area contributed by atoms with Gasteiger partial charge in [0.05, 0.1) is 72.0 Å². The summed E-state index contributed by atoms with van der Waals surface area (Å²) in [7, 11) is 13.9. The Morgan fingerprint density at radius 3 is 0.798 bits per heavy atom. The zero-order chi connectivity index (χ0) is 62.6. The van der Waals surface area contributed by atoms with Gasteiger partial charge < -0.3 is 57.5 Å². The molecule has 12 heteroatoms. The molecular formula is C77H84N4O8. The van der Waals surface area contributed by atoms with Gasteiger partial charge >= 0.3 is 0 Å². The first-order valence-corrected chi connectivity index (χ1v) is 30.8. The lowest BCUT2D eigenvalue weighted by atomic mass is 9.78. The summed E-state index contributed by atoms with van der Waals surface area (Å²) in [6, 6.07) is 69.9. The van der Waals surface area contributed by atoms with Gasteiger partial charge in [-0.1, -0.05) is 31.2 Å². The van der Waals surface area contributed by atoms with Crippen molar-refractivity contribution in [3.05, 3.63) is 216 Å². The Kier molecular flexibility index (Phi) is 18.6. The van der Waals surface area contributed by atoms with Crippen LogP contribution >= 0.6 is 0 Å². The van der Waals surface area contributed by atoms with Crippen LogP contribution in [-0.4, -0.2) is 93.3 Å². The highest BCUT2D eigenvalue weighted by Crippen LogP contribution is 2.61. The van der Waals surface area contributed by atoms with Crippen molar-refractivity contribution in [2.45, 2.75) is 96.2 Å². The van der Waals surface area contributed by atoms with E-state index in [4.69, 9.17) is 37.9 Å². The lowest BCUT2D eigenvalue weighted by molar-refractivity contribution is 0.0821. The van der Waals surface area contributed by atoms with E-state index in [1.54, 1.807) is 49.8 Å². The summed E-state index contributed by atoms with van der Waals surface area (Å²) in [6.07, 6.45) is 0.526. The van der Waals surface area contributed by atoms with Crippen LogP contribution in [-0.2, 0) is 14.2 Å². The fourth-order valence-electron chi connectivity index (χ4n) is 13.5. The number of nitrogens with zero attached hydrogens (tertiary/aromatic N) is 4. The van der Waals surface area contributed by atoms with Crippen molar-refractivity contribution in [2.75, 3.05) is 76.5 Å². The van der Waals surface area contributed by atoms with Gasteiger partial charge in [-0.3, -0.25) is 0 Å². The standard InChI is InChI=1S/C77H84N4O8/c1-15-75(89-14)50(4)80(55-20-34-64(86-11)35-21-55)60-28-42-69-70-43-29-61(81(56-22-36-65(87-12)37-23-56)57-24-38-66(88-13)39-25-57)47-74(70)77(73(69)46-60)76-71-44-58(78(48(2)51(5)82-7)53-16-30-62(84-9)31-17-53)26-40-67(71)68-41-27-59(45-72(68)76)79(49(3)52(6)83-8)54-18-32-63(85-10)33-19-54/h16-52,75-77H,15H2,1-14H3/t48-,49-,50?,51?,52?,75-,76?,77?/m0/s1. The van der Waals surface area contributed by atoms with Crippen molar-refractivity contribution in [1.82, 2.24) is 0 Å². The van der Waals surface area contributed by atoms with Gasteiger partial charge in [-0.25, -0.2) is 0 Å². The van der Waals surface area contributed by atoms with Crippen LogP contribution in [0, 0.1) is 0 Å². The predicted octanol–water partition coefficient (Wildman–Crippen LogP) is 18.2. The maximum Gasteiger partial charge on any atom is 0.119 e. The number of fused-ring (bicyclic) bond motifs is 6. The smallest absolute Gasteiger partial charge is 0.119 e. The summed E-state index contributed by atoms with van der Waals surface area (Å²) < 4.78 is 47.2. The third-order valence-electron chi connectivity index (χ3n) is 18.8. The highest BCUT2D eigenvalue weighted by Gasteiger charge is 2.44. The van der Waals surface area contributed by atoms with Gasteiger partial charge in [0.25, 0.3) is 0 Å². The number of anilines is 9. The Hall–Kier alpha value is -8.94. The molecule has 0 spiro atoms. The van der Waals surface area contributed by atoms with Gasteiger partial charge in [0, 0.05) is 84.4 Å². The lowest BCUT2D eigenvalue weighted by Gasteiger charge is -2.37. The summed E-state index contributed by atoms with van der Waals surface area (Å²) in [5.41, 5.74) is 18.9. The van der Waals surface area contributed by atoms with Crippen LogP contribution in [0.3, 0.4) is 0 Å². The van der Waals surface area contributed by atoms with Crippen LogP contribution in [0.15, 0.2) is 194 Å². The summed E-state index contributed by atoms with van der Waals surface area (Å²) in [4.78, 5) is 9.61. The second-order valence-corrected chi connectivity index (χ2v) is 23.3. The van der Waals surface area contributed by atoms with Crippen molar-refractivity contribution in [3.63, 3.8) is 0 Å². The van der Waals surface area contributed by atoms with Gasteiger partial charge in [0.1, 0.15) is 28.7 Å². The zero-order valence-electron chi connectivity index (χ0n) is 53.9. The molecular weight excluding hydrogens is 1110 g/mol. The molecule has 0 saturated carbocycles. The van der Waals surface area contributed by atoms with E-state index in [-0.39, 0.29) is 48.3 Å². The molecule has 0 fully saturated rings. The minimum Gasteiger partial charge on any atom is -0.497 e. The predicted molar refractivity (Wildman–Crippen MR) is 363 cm³/mol. The molecule has 0 amide bonds. The number of hydrogen-bond acceptors (Lipinski definition) is 12. The average molecular weight is 1190 g/mol. The number of ether oxygens (including phenoxy) is 8. The van der Waals surface area contributed by atoms with Gasteiger partial charge in [-0.2, -0.15) is 0 Å². The maximum atomic E-state index is 6.29. The van der Waals surface area contributed by atoms with E-state index < -0.39 is 0 Å². The van der Waals surface area contributed by atoms with E-state index >= 15 is 0 Å². The van der Waals surface area contributed by atoms with Crippen molar-refractivity contribution in [1.29, 1.82) is 0 Å². The lowest BCUT2D eigenvalue weighted by Crippen LogP contribution is -2.39. The van der Waals surface area contributed by atoms with Crippen LogP contribution in [0.25, 0.3) is 22.3 Å². The minimum absolute atomic E-state index is 0.0493. The first kappa shape index (κ1) is 61.7. The molecule has 0 saturated heterocycles. The zero-order valence-corrected chi connectivity index (χ0v) is 53.9. The first-order chi connectivity index (χ1) is 43.3. The molecule has 2 aliphatic rings. The third kappa shape index (κ3) is 11.8. The summed E-state index contributed by atoms with van der Waals surface area (Å²) in [6.45, 7) is 13.2. The second-order valence-electron chi connectivity index (χ2n) is 23.3. The second kappa shape index (κ2) is 26.8. The molecule has 0 radical (unpaired) electrons. The molecule has 2 aliphatic carbocycles. The summed E-state index contributed by atoms with van der Waals surface area (Å²) in [5, 5.41) is 0. The molecule has 0 aromatic heterocycles. The fourth-order valence-corrected chi connectivity index (χ4v) is 13.5. The normalized spacial score (nSPS) is 15.7. The molecule has 12 nitrogen and oxygen atoms in total. The van der Waals surface area contributed by atoms with Gasteiger partial charge in [0.2, 0.25) is 0 Å². The van der Waals surface area contributed by atoms with E-state index in [9.17, 15) is 0 Å². The van der Waals surface area contributed by atoms with E-state index in [1.807, 2.05) is 67.8 Å². The Morgan fingerprint density at radius 1 is 0.292 bits per heavy atom.